The van der Waals surface area contributed by atoms with Crippen LogP contribution in [-0.2, 0) is 19.1 Å². The molecule has 2 heterocycles. The molecule has 2 N–H and O–H groups in total. The van der Waals surface area contributed by atoms with Gasteiger partial charge in [0.05, 0.1) is 0 Å². The molecule has 0 radical (unpaired) electrons. The van der Waals surface area contributed by atoms with Gasteiger partial charge in [0, 0.05) is 0 Å². The van der Waals surface area contributed by atoms with Gasteiger partial charge in [-0.05, 0) is 0 Å². The molecule has 0 aliphatic carbocycles. The number of hydrogen-bond acceptors (Lipinski definition) is 5. The molecule has 2 rings (SSSR count). The Kier molecular flexibility index (Phi) is 4.33. The highest BCUT2D eigenvalue weighted by Gasteiger charge is 2.36. The number of carbonyl (C=O) groups is 3. The third-order valence-corrected chi connectivity index (χ3v) is 3.90. The highest BCUT2D eigenvalue weighted by atomic mass is 35.5. The molecule has 2 atom stereocenters. The van der Waals surface area contributed by atoms with Gasteiger partial charge in [-0.1, -0.05) is 46.4 Å². The lowest BCUT2D eigenvalue weighted by molar-refractivity contribution is -0.139. The Morgan fingerprint density at radius 2 is 1.20 bits per heavy atom. The maximum absolute atomic E-state index is 11.6. The number of nitrogens with one attached hydrogen (secondary N) is 2. The van der Waals surface area contributed by atoms with Crippen molar-refractivity contribution in [1.82, 2.24) is 10.6 Å². The number of halogens is 4. The van der Waals surface area contributed by atoms with Crippen LogP contribution in [0.3, 0.4) is 0 Å². The Bertz CT molecular complexity index is 525. The normalized spacial score (nSPS) is 25.8. The third-order valence-electron chi connectivity index (χ3n) is 2.21. The van der Waals surface area contributed by atoms with Gasteiger partial charge >= 0.3 is 18.0 Å². The van der Waals surface area contributed by atoms with Crippen LogP contribution in [0.15, 0.2) is 20.1 Å². The first-order valence-corrected chi connectivity index (χ1v) is 6.41. The summed E-state index contributed by atoms with van der Waals surface area (Å²) < 4.78 is 9.32. The molecule has 2 aliphatic rings. The van der Waals surface area contributed by atoms with E-state index in [1.165, 1.54) is 0 Å². The van der Waals surface area contributed by atoms with Gasteiger partial charge in [-0.25, -0.2) is 14.4 Å². The highest BCUT2D eigenvalue weighted by Crippen LogP contribution is 2.28. The van der Waals surface area contributed by atoms with E-state index in [0.717, 1.165) is 0 Å². The van der Waals surface area contributed by atoms with Gasteiger partial charge in [0.15, 0.2) is 0 Å². The van der Waals surface area contributed by atoms with Crippen molar-refractivity contribution in [2.45, 2.75) is 12.5 Å². The predicted molar refractivity (Wildman–Crippen MR) is 68.9 cm³/mol. The lowest BCUT2D eigenvalue weighted by Crippen LogP contribution is -2.47. The van der Waals surface area contributed by atoms with E-state index in [-0.39, 0.29) is 20.1 Å². The van der Waals surface area contributed by atoms with E-state index >= 15 is 0 Å². The maximum atomic E-state index is 11.6. The van der Waals surface area contributed by atoms with Crippen molar-refractivity contribution < 1.29 is 23.9 Å². The summed E-state index contributed by atoms with van der Waals surface area (Å²) in [6, 6.07) is -0.866. The first kappa shape index (κ1) is 15.2. The van der Waals surface area contributed by atoms with Crippen LogP contribution in [0.1, 0.15) is 0 Å². The quantitative estimate of drug-likeness (QED) is 0.725. The van der Waals surface area contributed by atoms with Crippen LogP contribution in [0.2, 0.25) is 0 Å². The number of cyclic esters (lactones) is 2. The summed E-state index contributed by atoms with van der Waals surface area (Å²) in [5.41, 5.74) is 0. The van der Waals surface area contributed by atoms with Gasteiger partial charge in [0.1, 0.15) is 20.1 Å². The van der Waals surface area contributed by atoms with Gasteiger partial charge in [0.25, 0.3) is 0 Å². The highest BCUT2D eigenvalue weighted by molar-refractivity contribution is 6.49. The number of hydrogen-bond donors (Lipinski definition) is 2. The number of urea groups is 1. The Morgan fingerprint density at radius 1 is 0.850 bits per heavy atom. The monoisotopic (exact) mass is 360 g/mol. The molecule has 108 valence electrons. The Hall–Kier alpha value is -1.15. The fraction of sp³-hybridized carbons (Fsp3) is 0.222. The van der Waals surface area contributed by atoms with Crippen LogP contribution in [0, 0.1) is 0 Å². The molecule has 11 heteroatoms. The van der Waals surface area contributed by atoms with Crippen molar-refractivity contribution in [1.29, 1.82) is 0 Å². The van der Waals surface area contributed by atoms with E-state index in [1.54, 1.807) is 0 Å². The minimum atomic E-state index is -1.23. The Balaban J connectivity index is 1.95. The standard InChI is InChI=1S/C9H4Cl4N2O5/c10-1-3(12)7(16)19-5(1)14-9(18)15-6-2(11)4(13)8(17)20-6/h5-6H,(H2,14,15,18). The van der Waals surface area contributed by atoms with Crippen LogP contribution in [-0.4, -0.2) is 30.4 Å². The molecule has 2 amide bonds. The van der Waals surface area contributed by atoms with Crippen molar-refractivity contribution in [3.8, 4) is 0 Å². The van der Waals surface area contributed by atoms with Crippen molar-refractivity contribution in [2.24, 2.45) is 0 Å². The van der Waals surface area contributed by atoms with Crippen LogP contribution >= 0.6 is 46.4 Å². The molecule has 20 heavy (non-hydrogen) atoms. The van der Waals surface area contributed by atoms with Crippen LogP contribution in [0.5, 0.6) is 0 Å². The number of amides is 2. The minimum absolute atomic E-state index is 0.171. The molecule has 0 aromatic rings. The van der Waals surface area contributed by atoms with Crippen molar-refractivity contribution in [3.05, 3.63) is 20.1 Å². The summed E-state index contributed by atoms with van der Waals surface area (Å²) in [5.74, 6) is -1.73. The molecular weight excluding hydrogens is 358 g/mol. The molecule has 0 bridgehead atoms. The molecule has 0 aromatic heterocycles. The number of ether oxygens (including phenoxy) is 2. The first-order valence-electron chi connectivity index (χ1n) is 4.90. The van der Waals surface area contributed by atoms with Crippen LogP contribution in [0.4, 0.5) is 4.79 Å². The third kappa shape index (κ3) is 2.80. The second-order valence-corrected chi connectivity index (χ2v) is 5.08. The molecule has 0 fully saturated rings. The molecule has 7 nitrogen and oxygen atoms in total. The van der Waals surface area contributed by atoms with E-state index < -0.39 is 30.4 Å². The average molecular weight is 362 g/mol. The molecule has 2 unspecified atom stereocenters. The average Bonchev–Trinajstić information content (AvgIpc) is 2.76. The number of carbonyl (C=O) groups excluding carboxylic acids is 3. The van der Waals surface area contributed by atoms with E-state index in [0.29, 0.717) is 0 Å². The van der Waals surface area contributed by atoms with E-state index in [4.69, 9.17) is 46.4 Å². The summed E-state index contributed by atoms with van der Waals surface area (Å²) in [4.78, 5) is 33.8. The summed E-state index contributed by atoms with van der Waals surface area (Å²) in [5, 5.41) is 3.37. The maximum Gasteiger partial charge on any atom is 0.353 e. The summed E-state index contributed by atoms with van der Waals surface area (Å²) in [6.07, 6.45) is -2.46. The second kappa shape index (κ2) is 5.69. The molecule has 0 aromatic carbocycles. The second-order valence-electron chi connectivity index (χ2n) is 3.51. The van der Waals surface area contributed by atoms with Gasteiger partial charge in [-0.3, -0.25) is 10.6 Å². The number of esters is 2. The molecule has 0 saturated carbocycles. The van der Waals surface area contributed by atoms with Gasteiger partial charge in [-0.2, -0.15) is 0 Å². The van der Waals surface area contributed by atoms with E-state index in [9.17, 15) is 14.4 Å². The van der Waals surface area contributed by atoms with E-state index in [2.05, 4.69) is 20.1 Å². The largest absolute Gasteiger partial charge is 0.432 e. The SMILES string of the molecule is O=C(NC1OC(=O)C(Cl)=C1Cl)NC1OC(=O)C(Cl)=C1Cl. The fourth-order valence-electron chi connectivity index (χ4n) is 1.31. The van der Waals surface area contributed by atoms with Crippen molar-refractivity contribution >= 4 is 64.4 Å². The lowest BCUT2D eigenvalue weighted by atomic mass is 10.4. The minimum Gasteiger partial charge on any atom is -0.432 e. The molecule has 0 spiro atoms. The Labute approximate surface area is 131 Å². The predicted octanol–water partition coefficient (Wildman–Crippen LogP) is 1.43. The van der Waals surface area contributed by atoms with E-state index in [1.807, 2.05) is 0 Å². The zero-order chi connectivity index (χ0) is 15.0. The summed E-state index contributed by atoms with van der Waals surface area (Å²) >= 11 is 22.4. The Morgan fingerprint density at radius 3 is 1.45 bits per heavy atom. The van der Waals surface area contributed by atoms with Gasteiger partial charge in [-0.15, -0.1) is 0 Å². The topological polar surface area (TPSA) is 93.7 Å². The zero-order valence-electron chi connectivity index (χ0n) is 9.21. The molecular formula is C9H4Cl4N2O5. The number of rotatable bonds is 2. The van der Waals surface area contributed by atoms with Gasteiger partial charge < -0.3 is 9.47 Å². The van der Waals surface area contributed by atoms with Crippen molar-refractivity contribution in [2.75, 3.05) is 0 Å². The lowest BCUT2D eigenvalue weighted by Gasteiger charge is -2.16. The first-order chi connectivity index (χ1) is 9.31. The van der Waals surface area contributed by atoms with Crippen molar-refractivity contribution in [3.63, 3.8) is 0 Å². The zero-order valence-corrected chi connectivity index (χ0v) is 12.2. The summed E-state index contributed by atoms with van der Waals surface area (Å²) in [7, 11) is 0. The van der Waals surface area contributed by atoms with Crippen LogP contribution < -0.4 is 10.6 Å². The van der Waals surface area contributed by atoms with Gasteiger partial charge in [0.2, 0.25) is 12.5 Å². The van der Waals surface area contributed by atoms with Crippen LogP contribution in [0.25, 0.3) is 0 Å². The molecule has 0 saturated heterocycles. The smallest absolute Gasteiger partial charge is 0.353 e. The fourth-order valence-corrected chi connectivity index (χ4v) is 1.95. The molecule has 2 aliphatic heterocycles. The summed E-state index contributed by atoms with van der Waals surface area (Å²) in [6.45, 7) is 0.